The summed E-state index contributed by atoms with van der Waals surface area (Å²) in [7, 11) is -2.18. The summed E-state index contributed by atoms with van der Waals surface area (Å²) in [6, 6.07) is 7.98. The van der Waals surface area contributed by atoms with Crippen molar-refractivity contribution in [3.63, 3.8) is 0 Å². The van der Waals surface area contributed by atoms with Crippen molar-refractivity contribution in [3.05, 3.63) is 29.8 Å². The first kappa shape index (κ1) is 10.3. The minimum absolute atomic E-state index is 0.961. The lowest BCUT2D eigenvalue weighted by atomic mass is 10.1. The molecule has 1 aromatic carbocycles. The highest BCUT2D eigenvalue weighted by molar-refractivity contribution is 7.63. The molecule has 0 radical (unpaired) electrons. The molecule has 0 aliphatic rings. The van der Waals surface area contributed by atoms with Gasteiger partial charge in [-0.3, -0.25) is 0 Å². The SMILES string of the molecule is CCc1ccccc1NP(C)(C)=O. The van der Waals surface area contributed by atoms with Crippen LogP contribution < -0.4 is 5.09 Å². The first-order chi connectivity index (χ1) is 6.03. The number of benzene rings is 1. The molecular weight excluding hydrogens is 181 g/mol. The molecule has 0 amide bonds. The Hall–Kier alpha value is -0.750. The summed E-state index contributed by atoms with van der Waals surface area (Å²) >= 11 is 0. The van der Waals surface area contributed by atoms with Gasteiger partial charge in [0.05, 0.1) is 0 Å². The maximum Gasteiger partial charge on any atom is 0.164 e. The van der Waals surface area contributed by atoms with Crippen molar-refractivity contribution in [2.75, 3.05) is 18.4 Å². The first-order valence-electron chi connectivity index (χ1n) is 4.44. The highest BCUT2D eigenvalue weighted by Gasteiger charge is 2.07. The highest BCUT2D eigenvalue weighted by atomic mass is 31.2. The smallest absolute Gasteiger partial charge is 0.164 e. The highest BCUT2D eigenvalue weighted by Crippen LogP contribution is 2.37. The van der Waals surface area contributed by atoms with E-state index in [2.05, 4.69) is 18.1 Å². The van der Waals surface area contributed by atoms with Gasteiger partial charge in [-0.2, -0.15) is 0 Å². The Balaban J connectivity index is 2.94. The molecule has 0 bridgehead atoms. The Bertz CT molecular complexity index is 329. The van der Waals surface area contributed by atoms with Crippen LogP contribution in [0, 0.1) is 0 Å². The zero-order valence-electron chi connectivity index (χ0n) is 8.37. The van der Waals surface area contributed by atoms with Crippen LogP contribution in [-0.2, 0) is 11.0 Å². The molecule has 72 valence electrons. The van der Waals surface area contributed by atoms with Crippen LogP contribution >= 0.6 is 7.29 Å². The lowest BCUT2D eigenvalue weighted by Crippen LogP contribution is -1.96. The monoisotopic (exact) mass is 197 g/mol. The van der Waals surface area contributed by atoms with E-state index in [9.17, 15) is 4.57 Å². The summed E-state index contributed by atoms with van der Waals surface area (Å²) in [5.41, 5.74) is 2.21. The molecule has 3 heteroatoms. The molecule has 0 atom stereocenters. The largest absolute Gasteiger partial charge is 0.336 e. The number of rotatable bonds is 3. The van der Waals surface area contributed by atoms with Crippen LogP contribution in [0.1, 0.15) is 12.5 Å². The summed E-state index contributed by atoms with van der Waals surface area (Å²) in [4.78, 5) is 0. The van der Waals surface area contributed by atoms with E-state index in [0.717, 1.165) is 12.1 Å². The van der Waals surface area contributed by atoms with Crippen molar-refractivity contribution < 1.29 is 4.57 Å². The molecule has 0 saturated heterocycles. The van der Waals surface area contributed by atoms with Crippen molar-refractivity contribution in [2.24, 2.45) is 0 Å². The fourth-order valence-corrected chi connectivity index (χ4v) is 2.03. The van der Waals surface area contributed by atoms with Crippen LogP contribution in [-0.4, -0.2) is 13.3 Å². The standard InChI is InChI=1S/C10H16NOP/c1-4-9-7-5-6-8-10(9)11-13(2,3)12/h5-8H,4H2,1-3H3,(H,11,12). The van der Waals surface area contributed by atoms with Gasteiger partial charge in [-0.1, -0.05) is 25.1 Å². The van der Waals surface area contributed by atoms with E-state index in [1.807, 2.05) is 18.2 Å². The molecule has 0 heterocycles. The molecule has 0 aliphatic heterocycles. The summed E-state index contributed by atoms with van der Waals surface area (Å²) in [6.45, 7) is 5.57. The number of hydrogen-bond donors (Lipinski definition) is 1. The van der Waals surface area contributed by atoms with E-state index in [1.54, 1.807) is 13.3 Å². The summed E-state index contributed by atoms with van der Waals surface area (Å²) in [5, 5.41) is 3.06. The second-order valence-corrected chi connectivity index (χ2v) is 6.40. The van der Waals surface area contributed by atoms with Crippen LogP contribution in [0.25, 0.3) is 0 Å². The molecule has 13 heavy (non-hydrogen) atoms. The third-order valence-electron chi connectivity index (χ3n) is 1.79. The fourth-order valence-electron chi connectivity index (χ4n) is 1.23. The van der Waals surface area contributed by atoms with Crippen molar-refractivity contribution in [3.8, 4) is 0 Å². The Morgan fingerprint density at radius 3 is 2.46 bits per heavy atom. The van der Waals surface area contributed by atoms with E-state index >= 15 is 0 Å². The Labute approximate surface area is 79.8 Å². The molecule has 0 aromatic heterocycles. The molecule has 0 unspecified atom stereocenters. The maximum atomic E-state index is 11.5. The molecule has 0 fully saturated rings. The van der Waals surface area contributed by atoms with Crippen LogP contribution in [0.3, 0.4) is 0 Å². The molecule has 0 spiro atoms. The number of hydrogen-bond acceptors (Lipinski definition) is 1. The Kier molecular flexibility index (Phi) is 3.16. The molecule has 0 aliphatic carbocycles. The van der Waals surface area contributed by atoms with E-state index in [4.69, 9.17) is 0 Å². The summed E-state index contributed by atoms with van der Waals surface area (Å²) < 4.78 is 11.5. The predicted octanol–water partition coefficient (Wildman–Crippen LogP) is 3.20. The van der Waals surface area contributed by atoms with Gasteiger partial charge in [0.15, 0.2) is 7.29 Å². The predicted molar refractivity (Wildman–Crippen MR) is 58.9 cm³/mol. The van der Waals surface area contributed by atoms with Crippen molar-refractivity contribution in [2.45, 2.75) is 13.3 Å². The van der Waals surface area contributed by atoms with Gasteiger partial charge in [-0.15, -0.1) is 0 Å². The number of anilines is 1. The zero-order valence-corrected chi connectivity index (χ0v) is 9.27. The van der Waals surface area contributed by atoms with Gasteiger partial charge in [0.1, 0.15) is 0 Å². The topological polar surface area (TPSA) is 29.1 Å². The third kappa shape index (κ3) is 3.23. The van der Waals surface area contributed by atoms with Crippen LogP contribution in [0.15, 0.2) is 24.3 Å². The molecular formula is C10H16NOP. The number of aryl methyl sites for hydroxylation is 1. The van der Waals surface area contributed by atoms with Crippen LogP contribution in [0.4, 0.5) is 5.69 Å². The fraction of sp³-hybridized carbons (Fsp3) is 0.400. The quantitative estimate of drug-likeness (QED) is 0.754. The van der Waals surface area contributed by atoms with Gasteiger partial charge in [0, 0.05) is 19.0 Å². The summed E-state index contributed by atoms with van der Waals surface area (Å²) in [5.74, 6) is 0. The van der Waals surface area contributed by atoms with Crippen molar-refractivity contribution in [1.29, 1.82) is 0 Å². The van der Waals surface area contributed by atoms with Gasteiger partial charge in [0.2, 0.25) is 0 Å². The lowest BCUT2D eigenvalue weighted by Gasteiger charge is -2.13. The van der Waals surface area contributed by atoms with Gasteiger partial charge in [0.25, 0.3) is 0 Å². The molecule has 1 rings (SSSR count). The van der Waals surface area contributed by atoms with Gasteiger partial charge < -0.3 is 9.65 Å². The molecule has 1 N–H and O–H groups in total. The molecule has 0 saturated carbocycles. The third-order valence-corrected chi connectivity index (χ3v) is 2.57. The maximum absolute atomic E-state index is 11.5. The summed E-state index contributed by atoms with van der Waals surface area (Å²) in [6.07, 6.45) is 0.961. The average Bonchev–Trinajstić information content (AvgIpc) is 2.02. The van der Waals surface area contributed by atoms with Crippen LogP contribution in [0.2, 0.25) is 0 Å². The van der Waals surface area contributed by atoms with Gasteiger partial charge >= 0.3 is 0 Å². The second-order valence-electron chi connectivity index (χ2n) is 3.47. The first-order valence-corrected chi connectivity index (χ1v) is 7.04. The average molecular weight is 197 g/mol. The number of para-hydroxylation sites is 1. The van der Waals surface area contributed by atoms with E-state index in [0.29, 0.717) is 0 Å². The molecule has 2 nitrogen and oxygen atoms in total. The van der Waals surface area contributed by atoms with Gasteiger partial charge in [-0.05, 0) is 18.1 Å². The lowest BCUT2D eigenvalue weighted by molar-refractivity contribution is 0.585. The van der Waals surface area contributed by atoms with Crippen molar-refractivity contribution in [1.82, 2.24) is 0 Å². The van der Waals surface area contributed by atoms with Crippen molar-refractivity contribution >= 4 is 13.0 Å². The number of nitrogens with one attached hydrogen (secondary N) is 1. The van der Waals surface area contributed by atoms with Crippen LogP contribution in [0.5, 0.6) is 0 Å². The van der Waals surface area contributed by atoms with E-state index in [1.165, 1.54) is 5.56 Å². The van der Waals surface area contributed by atoms with E-state index in [-0.39, 0.29) is 0 Å². The Morgan fingerprint density at radius 1 is 1.31 bits per heavy atom. The minimum Gasteiger partial charge on any atom is -0.336 e. The van der Waals surface area contributed by atoms with E-state index < -0.39 is 7.29 Å². The minimum atomic E-state index is -2.18. The zero-order chi connectivity index (χ0) is 9.90. The molecule has 1 aromatic rings. The van der Waals surface area contributed by atoms with Gasteiger partial charge in [-0.25, -0.2) is 0 Å². The Morgan fingerprint density at radius 2 is 1.92 bits per heavy atom. The normalized spacial score (nSPS) is 11.3. The second kappa shape index (κ2) is 3.97.